The molecule has 1 aliphatic heterocycles. The van der Waals surface area contributed by atoms with Gasteiger partial charge in [0.1, 0.15) is 0 Å². The van der Waals surface area contributed by atoms with Crippen molar-refractivity contribution in [3.63, 3.8) is 0 Å². The third-order valence-electron chi connectivity index (χ3n) is 5.57. The smallest absolute Gasteiger partial charge is 0.191 e. The van der Waals surface area contributed by atoms with Gasteiger partial charge in [-0.05, 0) is 45.6 Å². The van der Waals surface area contributed by atoms with Crippen LogP contribution in [0.1, 0.15) is 49.9 Å². The van der Waals surface area contributed by atoms with Crippen molar-refractivity contribution < 1.29 is 0 Å². The Labute approximate surface area is 152 Å². The zero-order valence-electron chi connectivity index (χ0n) is 16.1. The highest BCUT2D eigenvalue weighted by Gasteiger charge is 2.30. The van der Waals surface area contributed by atoms with Gasteiger partial charge in [0.05, 0.1) is 5.69 Å². The fourth-order valence-corrected chi connectivity index (χ4v) is 4.23. The van der Waals surface area contributed by atoms with Crippen molar-refractivity contribution in [2.24, 2.45) is 4.99 Å². The molecule has 0 bridgehead atoms. The molecule has 0 amide bonds. The highest BCUT2D eigenvalue weighted by molar-refractivity contribution is 5.79. The predicted molar refractivity (Wildman–Crippen MR) is 103 cm³/mol. The summed E-state index contributed by atoms with van der Waals surface area (Å²) in [6, 6.07) is 3.50. The minimum absolute atomic E-state index is 0.530. The summed E-state index contributed by atoms with van der Waals surface area (Å²) in [5.74, 6) is 0.937. The summed E-state index contributed by atoms with van der Waals surface area (Å²) in [7, 11) is 1.86. The van der Waals surface area contributed by atoms with E-state index in [4.69, 9.17) is 0 Å². The van der Waals surface area contributed by atoms with Crippen LogP contribution < -0.4 is 10.6 Å². The number of hydrogen-bond donors (Lipinski definition) is 2. The fourth-order valence-electron chi connectivity index (χ4n) is 4.23. The maximum Gasteiger partial charge on any atom is 0.191 e. The Bertz CT molecular complexity index is 572. The first-order chi connectivity index (χ1) is 12.2. The van der Waals surface area contributed by atoms with E-state index in [1.165, 1.54) is 44.3 Å². The molecule has 2 fully saturated rings. The van der Waals surface area contributed by atoms with Crippen LogP contribution in [0.5, 0.6) is 0 Å². The van der Waals surface area contributed by atoms with Crippen molar-refractivity contribution >= 4 is 5.96 Å². The monoisotopic (exact) mass is 346 g/mol. The minimum Gasteiger partial charge on any atom is -0.356 e. The molecule has 1 aliphatic carbocycles. The molecule has 1 unspecified atom stereocenters. The van der Waals surface area contributed by atoms with E-state index in [1.807, 2.05) is 14.0 Å². The number of nitrogens with one attached hydrogen (secondary N) is 2. The summed E-state index contributed by atoms with van der Waals surface area (Å²) in [6.07, 6.45) is 7.89. The number of aromatic nitrogens is 2. The second-order valence-corrected chi connectivity index (χ2v) is 7.57. The molecule has 3 rings (SSSR count). The number of guanidine groups is 1. The van der Waals surface area contributed by atoms with E-state index in [0.29, 0.717) is 6.04 Å². The average Bonchev–Trinajstić information content (AvgIpc) is 3.31. The SMILES string of the molecule is CN=C(NCCCn1nc(C)cc1C)NC1CCN(C2CCCC2)C1. The van der Waals surface area contributed by atoms with Gasteiger partial charge in [0.25, 0.3) is 0 Å². The molecule has 0 spiro atoms. The number of nitrogens with zero attached hydrogens (tertiary/aromatic N) is 4. The number of likely N-dealkylation sites (tertiary alicyclic amines) is 1. The predicted octanol–water partition coefficient (Wildman–Crippen LogP) is 2.07. The lowest BCUT2D eigenvalue weighted by Crippen LogP contribution is -2.45. The summed E-state index contributed by atoms with van der Waals surface area (Å²) < 4.78 is 2.09. The van der Waals surface area contributed by atoms with Gasteiger partial charge in [-0.2, -0.15) is 5.10 Å². The van der Waals surface area contributed by atoms with E-state index in [-0.39, 0.29) is 0 Å². The fraction of sp³-hybridized carbons (Fsp3) is 0.789. The topological polar surface area (TPSA) is 57.5 Å². The van der Waals surface area contributed by atoms with E-state index >= 15 is 0 Å². The Morgan fingerprint density at radius 2 is 2.08 bits per heavy atom. The quantitative estimate of drug-likeness (QED) is 0.470. The maximum atomic E-state index is 4.51. The molecule has 0 radical (unpaired) electrons. The molecular weight excluding hydrogens is 312 g/mol. The van der Waals surface area contributed by atoms with Gasteiger partial charge in [-0.25, -0.2) is 0 Å². The van der Waals surface area contributed by atoms with Crippen LogP contribution in [-0.2, 0) is 6.54 Å². The number of aryl methyl sites for hydroxylation is 3. The van der Waals surface area contributed by atoms with Crippen LogP contribution in [0.3, 0.4) is 0 Å². The number of rotatable bonds is 6. The molecule has 1 aromatic rings. The lowest BCUT2D eigenvalue weighted by Gasteiger charge is -2.24. The van der Waals surface area contributed by atoms with Crippen molar-refractivity contribution in [2.75, 3.05) is 26.7 Å². The third-order valence-corrected chi connectivity index (χ3v) is 5.57. The molecule has 1 aromatic heterocycles. The summed E-state index contributed by atoms with van der Waals surface area (Å²) >= 11 is 0. The van der Waals surface area contributed by atoms with Gasteiger partial charge in [0, 0.05) is 51.0 Å². The molecule has 2 heterocycles. The van der Waals surface area contributed by atoms with Crippen LogP contribution in [0, 0.1) is 13.8 Å². The second-order valence-electron chi connectivity index (χ2n) is 7.57. The summed E-state index contributed by atoms with van der Waals surface area (Å²) in [5.41, 5.74) is 2.33. The molecule has 0 aromatic carbocycles. The van der Waals surface area contributed by atoms with Crippen molar-refractivity contribution in [2.45, 2.75) is 71.0 Å². The second kappa shape index (κ2) is 8.70. The summed E-state index contributed by atoms with van der Waals surface area (Å²) in [4.78, 5) is 7.08. The van der Waals surface area contributed by atoms with E-state index in [2.05, 4.69) is 43.3 Å². The number of hydrogen-bond acceptors (Lipinski definition) is 3. The van der Waals surface area contributed by atoms with Crippen LogP contribution in [0.4, 0.5) is 0 Å². The van der Waals surface area contributed by atoms with Gasteiger partial charge in [-0.3, -0.25) is 14.6 Å². The van der Waals surface area contributed by atoms with Crippen LogP contribution in [-0.4, -0.2) is 59.4 Å². The van der Waals surface area contributed by atoms with E-state index < -0.39 is 0 Å². The molecule has 1 saturated heterocycles. The van der Waals surface area contributed by atoms with Crippen LogP contribution in [0.2, 0.25) is 0 Å². The number of aliphatic imine (C=N–C) groups is 1. The standard InChI is InChI=1S/C19H34N6/c1-15-13-16(2)25(23-15)11-6-10-21-19(20-3)22-17-9-12-24(14-17)18-7-4-5-8-18/h13,17-18H,4-12,14H2,1-3H3,(H2,20,21,22). The molecule has 140 valence electrons. The first-order valence-corrected chi connectivity index (χ1v) is 9.88. The molecule has 6 heteroatoms. The van der Waals surface area contributed by atoms with Gasteiger partial charge in [0.15, 0.2) is 5.96 Å². The Balaban J connectivity index is 1.36. The van der Waals surface area contributed by atoms with Crippen molar-refractivity contribution in [1.29, 1.82) is 0 Å². The lowest BCUT2D eigenvalue weighted by molar-refractivity contribution is 0.242. The largest absolute Gasteiger partial charge is 0.356 e. The van der Waals surface area contributed by atoms with Crippen molar-refractivity contribution in [1.82, 2.24) is 25.3 Å². The lowest BCUT2D eigenvalue weighted by atomic mass is 10.2. The Kier molecular flexibility index (Phi) is 6.34. The Morgan fingerprint density at radius 1 is 1.28 bits per heavy atom. The summed E-state index contributed by atoms with van der Waals surface area (Å²) in [5, 5.41) is 11.6. The molecule has 1 atom stereocenters. The normalized spacial score (nSPS) is 22.7. The molecule has 2 aliphatic rings. The average molecular weight is 347 g/mol. The molecule has 6 nitrogen and oxygen atoms in total. The third kappa shape index (κ3) is 4.97. The Morgan fingerprint density at radius 3 is 2.76 bits per heavy atom. The molecule has 1 saturated carbocycles. The zero-order valence-corrected chi connectivity index (χ0v) is 16.1. The van der Waals surface area contributed by atoms with Gasteiger partial charge >= 0.3 is 0 Å². The molecular formula is C19H34N6. The van der Waals surface area contributed by atoms with Crippen LogP contribution >= 0.6 is 0 Å². The van der Waals surface area contributed by atoms with E-state index in [9.17, 15) is 0 Å². The highest BCUT2D eigenvalue weighted by atomic mass is 15.3. The van der Waals surface area contributed by atoms with Gasteiger partial charge in [0.2, 0.25) is 0 Å². The maximum absolute atomic E-state index is 4.51. The Hall–Kier alpha value is -1.56. The highest BCUT2D eigenvalue weighted by Crippen LogP contribution is 2.26. The molecule has 25 heavy (non-hydrogen) atoms. The first kappa shape index (κ1) is 18.2. The van der Waals surface area contributed by atoms with Gasteiger partial charge in [-0.1, -0.05) is 12.8 Å². The molecule has 2 N–H and O–H groups in total. The van der Waals surface area contributed by atoms with Crippen molar-refractivity contribution in [3.05, 3.63) is 17.5 Å². The van der Waals surface area contributed by atoms with Gasteiger partial charge in [-0.15, -0.1) is 0 Å². The van der Waals surface area contributed by atoms with Crippen LogP contribution in [0.25, 0.3) is 0 Å². The van der Waals surface area contributed by atoms with Crippen molar-refractivity contribution in [3.8, 4) is 0 Å². The first-order valence-electron chi connectivity index (χ1n) is 9.88. The van der Waals surface area contributed by atoms with E-state index in [1.54, 1.807) is 0 Å². The summed E-state index contributed by atoms with van der Waals surface area (Å²) in [6.45, 7) is 8.42. The van der Waals surface area contributed by atoms with Gasteiger partial charge < -0.3 is 10.6 Å². The van der Waals surface area contributed by atoms with Crippen LogP contribution in [0.15, 0.2) is 11.1 Å². The van der Waals surface area contributed by atoms with E-state index in [0.717, 1.165) is 43.8 Å². The zero-order chi connectivity index (χ0) is 17.6. The minimum atomic E-state index is 0.530.